The second-order valence-electron chi connectivity index (χ2n) is 24.3. The fourth-order valence-corrected chi connectivity index (χ4v) is 18.5. The van der Waals surface area contributed by atoms with Gasteiger partial charge in [0, 0.05) is 17.3 Å². The fourth-order valence-electron chi connectivity index (χ4n) is 18.5. The zero-order valence-electron chi connectivity index (χ0n) is 44.4. The predicted molar refractivity (Wildman–Crippen MR) is 255 cm³/mol. The van der Waals surface area contributed by atoms with Crippen molar-refractivity contribution in [2.75, 3.05) is 0 Å². The normalized spacial score (nSPS) is 47.5. The molecule has 4 unspecified atom stereocenters. The van der Waals surface area contributed by atoms with Crippen molar-refractivity contribution in [3.8, 4) is 0 Å². The van der Waals surface area contributed by atoms with Crippen molar-refractivity contribution in [1.82, 2.24) is 0 Å². The summed E-state index contributed by atoms with van der Waals surface area (Å²) in [6.45, 7) is 60.4. The molecule has 0 N–H and O–H groups in total. The Bertz CT molecular complexity index is 1710. The third kappa shape index (κ3) is 6.20. The summed E-state index contributed by atoms with van der Waals surface area (Å²) in [7, 11) is 0. The minimum Gasteiger partial charge on any atom is -0.371 e. The standard InChI is InChI=1S/2C15H26O.C14H26O.C12H20O/c1-8-15-10(4)12(11(5)16-15)14(6,7)13(15)9(2)3;1-8-15-10(4)12(11(5)16-15)13(9(2)3)14(15,6)7;1-8-14-9(2)11(10(3)15-14)12(4,5)13(14,6)7;1-6-12-8(3)7(2)11(9(12)4)10(5)13-12/h2*10-12H,8H2,1-7H3;9-11H,8H2,1-7H3;9-11H,6H2,1-5H3/t2*10-,11-,12?,15+;9-,10-,11?,14+;9-,10-,11?,12-/m0000/s1. The molecular weight excluding hydrogens is 737 g/mol. The van der Waals surface area contributed by atoms with Crippen molar-refractivity contribution < 1.29 is 18.9 Å². The van der Waals surface area contributed by atoms with Crippen molar-refractivity contribution in [1.29, 1.82) is 0 Å². The number of hydrogen-bond acceptors (Lipinski definition) is 4. The quantitative estimate of drug-likeness (QED) is 0.264. The number of hydrogen-bond donors (Lipinski definition) is 0. The Hall–Kier alpha value is -0.940. The van der Waals surface area contributed by atoms with Crippen LogP contribution in [0.15, 0.2) is 33.4 Å². The van der Waals surface area contributed by atoms with Gasteiger partial charge in [-0.3, -0.25) is 0 Å². The molecule has 0 spiro atoms. The highest BCUT2D eigenvalue weighted by Gasteiger charge is 2.73. The summed E-state index contributed by atoms with van der Waals surface area (Å²) in [5.74, 6) is 5.42. The fraction of sp³-hybridized carbons (Fsp3) is 0.893. The molecule has 4 aliphatic heterocycles. The molecule has 0 aromatic heterocycles. The van der Waals surface area contributed by atoms with Crippen LogP contribution in [0.2, 0.25) is 0 Å². The van der Waals surface area contributed by atoms with Gasteiger partial charge < -0.3 is 18.9 Å². The van der Waals surface area contributed by atoms with Gasteiger partial charge >= 0.3 is 0 Å². The van der Waals surface area contributed by atoms with E-state index < -0.39 is 0 Å². The van der Waals surface area contributed by atoms with Gasteiger partial charge in [-0.05, 0) is 158 Å². The summed E-state index contributed by atoms with van der Waals surface area (Å²) >= 11 is 0. The van der Waals surface area contributed by atoms with E-state index in [1.54, 1.807) is 16.7 Å². The number of ether oxygens (including phenoxy) is 4. The summed E-state index contributed by atoms with van der Waals surface area (Å²) < 4.78 is 25.2. The number of rotatable bonds is 4. The molecule has 0 amide bonds. The molecule has 4 aliphatic carbocycles. The van der Waals surface area contributed by atoms with E-state index in [1.807, 2.05) is 0 Å². The molecule has 0 radical (unpaired) electrons. The van der Waals surface area contributed by atoms with E-state index in [0.717, 1.165) is 25.7 Å². The van der Waals surface area contributed by atoms with E-state index >= 15 is 0 Å². The van der Waals surface area contributed by atoms with Crippen molar-refractivity contribution >= 4 is 0 Å². The monoisotopic (exact) mass is 835 g/mol. The molecule has 0 aromatic rings. The van der Waals surface area contributed by atoms with Gasteiger partial charge in [-0.1, -0.05) is 133 Å². The van der Waals surface area contributed by atoms with Gasteiger partial charge in [0.2, 0.25) is 0 Å². The summed E-state index contributed by atoms with van der Waals surface area (Å²) in [6, 6.07) is 0. The summed E-state index contributed by atoms with van der Waals surface area (Å²) in [4.78, 5) is 0. The van der Waals surface area contributed by atoms with E-state index in [1.165, 1.54) is 16.7 Å². The van der Waals surface area contributed by atoms with E-state index in [2.05, 4.69) is 180 Å². The highest BCUT2D eigenvalue weighted by molar-refractivity contribution is 5.40. The number of allylic oxidation sites excluding steroid dienone is 2. The molecule has 7 fully saturated rings. The maximum Gasteiger partial charge on any atom is 0.0929 e. The van der Waals surface area contributed by atoms with Crippen LogP contribution in [0, 0.1) is 69.0 Å². The molecule has 60 heavy (non-hydrogen) atoms. The Kier molecular flexibility index (Phi) is 13.3. The highest BCUT2D eigenvalue weighted by atomic mass is 16.5. The maximum atomic E-state index is 6.37. The summed E-state index contributed by atoms with van der Waals surface area (Å²) in [6.07, 6.45) is 6.17. The van der Waals surface area contributed by atoms with Gasteiger partial charge in [-0.2, -0.15) is 0 Å². The topological polar surface area (TPSA) is 36.9 Å². The van der Waals surface area contributed by atoms with E-state index in [-0.39, 0.29) is 33.2 Å². The van der Waals surface area contributed by atoms with Crippen LogP contribution in [0.5, 0.6) is 0 Å². The van der Waals surface area contributed by atoms with E-state index in [9.17, 15) is 0 Å². The predicted octanol–water partition coefficient (Wildman–Crippen LogP) is 15.4. The molecule has 4 heteroatoms. The SMILES string of the molecule is CC[C@@]12O[C@@H](C)C([C@@H]1C)C(C)(C)C2(C)C.CC[C@@]12O[C@@H](C)C([C@@H]1C)C(C)(C)C2=C(C)C.CC[C@]12O[C@@H](C)C(C(=C(C)C)C1(C)C)[C@@H]2C.CC[C@]12O[C@@H](C)C(C(C)=C1C)[C@@H]2C. The van der Waals surface area contributed by atoms with Gasteiger partial charge in [-0.25, -0.2) is 0 Å². The van der Waals surface area contributed by atoms with Crippen LogP contribution in [0.4, 0.5) is 0 Å². The molecule has 8 bridgehead atoms. The van der Waals surface area contributed by atoms with Crippen LogP contribution in [0.3, 0.4) is 0 Å². The molecule has 4 saturated heterocycles. The number of fused-ring (bicyclic) bond motifs is 8. The van der Waals surface area contributed by atoms with Crippen molar-refractivity contribution in [2.24, 2.45) is 69.0 Å². The Balaban J connectivity index is 0.000000152. The average Bonchev–Trinajstić information content (AvgIpc) is 3.89. The van der Waals surface area contributed by atoms with Crippen LogP contribution < -0.4 is 0 Å². The Labute approximate surface area is 372 Å². The molecule has 3 saturated carbocycles. The minimum atomic E-state index is 0.0341. The van der Waals surface area contributed by atoms with Crippen molar-refractivity contribution in [3.05, 3.63) is 33.4 Å². The molecule has 8 rings (SSSR count). The second-order valence-corrected chi connectivity index (χ2v) is 24.3. The first-order valence-corrected chi connectivity index (χ1v) is 25.1. The second kappa shape index (κ2) is 15.9. The third-order valence-electron chi connectivity index (χ3n) is 21.0. The highest BCUT2D eigenvalue weighted by Crippen LogP contribution is 2.72. The molecule has 0 aromatic carbocycles. The maximum absolute atomic E-state index is 6.37. The van der Waals surface area contributed by atoms with E-state index in [4.69, 9.17) is 18.9 Å². The van der Waals surface area contributed by atoms with Gasteiger partial charge in [0.25, 0.3) is 0 Å². The zero-order valence-corrected chi connectivity index (χ0v) is 44.4. The smallest absolute Gasteiger partial charge is 0.0929 e. The molecule has 8 aliphatic rings. The lowest BCUT2D eigenvalue weighted by Gasteiger charge is -2.53. The zero-order chi connectivity index (χ0) is 46.0. The van der Waals surface area contributed by atoms with Gasteiger partial charge in [0.15, 0.2) is 0 Å². The molecule has 4 heterocycles. The molecule has 346 valence electrons. The first kappa shape index (κ1) is 50.1. The lowest BCUT2D eigenvalue weighted by atomic mass is 9.60. The van der Waals surface area contributed by atoms with Gasteiger partial charge in [0.1, 0.15) is 0 Å². The van der Waals surface area contributed by atoms with Crippen LogP contribution in [0.25, 0.3) is 0 Å². The van der Waals surface area contributed by atoms with Crippen LogP contribution in [0.1, 0.15) is 206 Å². The minimum absolute atomic E-state index is 0.0341. The largest absolute Gasteiger partial charge is 0.371 e. The first-order chi connectivity index (χ1) is 27.3. The Morgan fingerprint density at radius 1 is 0.483 bits per heavy atom. The van der Waals surface area contributed by atoms with E-state index in [0.29, 0.717) is 82.6 Å². The average molecular weight is 835 g/mol. The summed E-state index contributed by atoms with van der Waals surface area (Å²) in [5.41, 5.74) is 10.8. The first-order valence-electron chi connectivity index (χ1n) is 25.1. The van der Waals surface area contributed by atoms with Gasteiger partial charge in [0.05, 0.1) is 46.8 Å². The lowest BCUT2D eigenvalue weighted by molar-refractivity contribution is -0.190. The van der Waals surface area contributed by atoms with Crippen molar-refractivity contribution in [3.63, 3.8) is 0 Å². The molecule has 16 atom stereocenters. The van der Waals surface area contributed by atoms with Crippen LogP contribution in [-0.4, -0.2) is 46.8 Å². The van der Waals surface area contributed by atoms with Crippen LogP contribution >= 0.6 is 0 Å². The lowest BCUT2D eigenvalue weighted by Crippen LogP contribution is -2.53. The Morgan fingerprint density at radius 2 is 0.950 bits per heavy atom. The van der Waals surface area contributed by atoms with Gasteiger partial charge in [-0.15, -0.1) is 0 Å². The molecule has 4 nitrogen and oxygen atoms in total. The molecular formula is C56H98O4. The Morgan fingerprint density at radius 3 is 1.32 bits per heavy atom. The van der Waals surface area contributed by atoms with Crippen LogP contribution in [-0.2, 0) is 18.9 Å². The third-order valence-corrected chi connectivity index (χ3v) is 21.0. The summed E-state index contributed by atoms with van der Waals surface area (Å²) in [5, 5.41) is 0. The van der Waals surface area contributed by atoms with Crippen molar-refractivity contribution in [2.45, 2.75) is 253 Å².